The van der Waals surface area contributed by atoms with Crippen molar-refractivity contribution in [2.45, 2.75) is 13.3 Å². The van der Waals surface area contributed by atoms with Crippen LogP contribution in [0.2, 0.25) is 0 Å². The van der Waals surface area contributed by atoms with E-state index in [1.165, 1.54) is 0 Å². The van der Waals surface area contributed by atoms with Crippen LogP contribution in [0, 0.1) is 3.57 Å². The van der Waals surface area contributed by atoms with Crippen LogP contribution in [0.3, 0.4) is 0 Å². The van der Waals surface area contributed by atoms with E-state index >= 15 is 0 Å². The number of benzene rings is 1. The molecule has 0 atom stereocenters. The van der Waals surface area contributed by atoms with Gasteiger partial charge < -0.3 is 4.74 Å². The SMILES string of the molecule is CCOC(=O)c1cc(I)cc(C(=O)CCCl)c1. The van der Waals surface area contributed by atoms with Crippen LogP contribution in [-0.4, -0.2) is 24.2 Å². The maximum atomic E-state index is 11.7. The highest BCUT2D eigenvalue weighted by atomic mass is 127. The molecule has 0 saturated carbocycles. The second kappa shape index (κ2) is 6.96. The third kappa shape index (κ3) is 4.27. The second-order valence-corrected chi connectivity index (χ2v) is 4.93. The van der Waals surface area contributed by atoms with Crippen molar-refractivity contribution in [3.8, 4) is 0 Å². The summed E-state index contributed by atoms with van der Waals surface area (Å²) in [6, 6.07) is 4.98. The minimum atomic E-state index is -0.411. The Kier molecular flexibility index (Phi) is 5.91. The maximum absolute atomic E-state index is 11.7. The normalized spacial score (nSPS) is 10.1. The summed E-state index contributed by atoms with van der Waals surface area (Å²) in [7, 11) is 0. The molecule has 3 nitrogen and oxygen atoms in total. The highest BCUT2D eigenvalue weighted by molar-refractivity contribution is 14.1. The van der Waals surface area contributed by atoms with Crippen molar-refractivity contribution in [1.29, 1.82) is 0 Å². The van der Waals surface area contributed by atoms with E-state index in [-0.39, 0.29) is 18.1 Å². The van der Waals surface area contributed by atoms with Gasteiger partial charge >= 0.3 is 5.97 Å². The van der Waals surface area contributed by atoms with Gasteiger partial charge in [-0.2, -0.15) is 0 Å². The molecule has 1 aromatic carbocycles. The van der Waals surface area contributed by atoms with Gasteiger partial charge in [0.1, 0.15) is 0 Å². The number of rotatable bonds is 5. The monoisotopic (exact) mass is 366 g/mol. The molecule has 0 saturated heterocycles. The Labute approximate surface area is 119 Å². The molecule has 0 N–H and O–H groups in total. The van der Waals surface area contributed by atoms with E-state index in [0.717, 1.165) is 3.57 Å². The van der Waals surface area contributed by atoms with E-state index in [4.69, 9.17) is 16.3 Å². The third-order valence-corrected chi connectivity index (χ3v) is 2.86. The number of hydrogen-bond acceptors (Lipinski definition) is 3. The van der Waals surface area contributed by atoms with Crippen molar-refractivity contribution in [1.82, 2.24) is 0 Å². The molecule has 0 aliphatic heterocycles. The molecule has 17 heavy (non-hydrogen) atoms. The first kappa shape index (κ1) is 14.4. The third-order valence-electron chi connectivity index (χ3n) is 2.05. The van der Waals surface area contributed by atoms with Gasteiger partial charge in [-0.05, 0) is 47.7 Å². The van der Waals surface area contributed by atoms with Crippen LogP contribution >= 0.6 is 34.2 Å². The molecule has 0 unspecified atom stereocenters. The van der Waals surface area contributed by atoms with Crippen LogP contribution in [0.25, 0.3) is 0 Å². The topological polar surface area (TPSA) is 43.4 Å². The Morgan fingerprint density at radius 1 is 1.29 bits per heavy atom. The number of carbonyl (C=O) groups excluding carboxylic acids is 2. The zero-order valence-electron chi connectivity index (χ0n) is 9.33. The highest BCUT2D eigenvalue weighted by Gasteiger charge is 2.12. The lowest BCUT2D eigenvalue weighted by Gasteiger charge is -2.05. The number of halogens is 2. The summed E-state index contributed by atoms with van der Waals surface area (Å²) in [5, 5.41) is 0. The predicted molar refractivity (Wildman–Crippen MR) is 74.8 cm³/mol. The van der Waals surface area contributed by atoms with Gasteiger partial charge in [-0.3, -0.25) is 4.79 Å². The minimum absolute atomic E-state index is 0.0657. The molecule has 0 aromatic heterocycles. The lowest BCUT2D eigenvalue weighted by atomic mass is 10.1. The van der Waals surface area contributed by atoms with E-state index in [2.05, 4.69) is 22.6 Å². The van der Waals surface area contributed by atoms with Crippen molar-refractivity contribution < 1.29 is 14.3 Å². The molecule has 0 radical (unpaired) electrons. The number of Topliss-reactive ketones (excluding diaryl/α,β-unsaturated/α-hetero) is 1. The van der Waals surface area contributed by atoms with Crippen molar-refractivity contribution in [3.63, 3.8) is 0 Å². The van der Waals surface area contributed by atoms with E-state index in [1.54, 1.807) is 25.1 Å². The summed E-state index contributed by atoms with van der Waals surface area (Å²) in [5.74, 6) is -0.200. The molecule has 1 aromatic rings. The summed E-state index contributed by atoms with van der Waals surface area (Å²) in [5.41, 5.74) is 0.900. The number of hydrogen-bond donors (Lipinski definition) is 0. The molecule has 0 spiro atoms. The number of alkyl halides is 1. The van der Waals surface area contributed by atoms with Crippen molar-refractivity contribution in [2.24, 2.45) is 0 Å². The fourth-order valence-electron chi connectivity index (χ4n) is 1.31. The van der Waals surface area contributed by atoms with Crippen molar-refractivity contribution in [2.75, 3.05) is 12.5 Å². The standard InChI is InChI=1S/C12H12ClIO3/c1-2-17-12(16)9-5-8(6-10(14)7-9)11(15)3-4-13/h5-7H,2-4H2,1H3. The van der Waals surface area contributed by atoms with E-state index in [9.17, 15) is 9.59 Å². The van der Waals surface area contributed by atoms with Crippen LogP contribution in [0.4, 0.5) is 0 Å². The summed E-state index contributed by atoms with van der Waals surface area (Å²) < 4.78 is 5.72. The zero-order chi connectivity index (χ0) is 12.8. The van der Waals surface area contributed by atoms with Gasteiger partial charge in [-0.1, -0.05) is 0 Å². The van der Waals surface area contributed by atoms with Gasteiger partial charge in [0.05, 0.1) is 12.2 Å². The largest absolute Gasteiger partial charge is 0.462 e. The Balaban J connectivity index is 3.01. The number of carbonyl (C=O) groups is 2. The molecule has 92 valence electrons. The van der Waals surface area contributed by atoms with Gasteiger partial charge in [0.2, 0.25) is 0 Å². The smallest absolute Gasteiger partial charge is 0.338 e. The lowest BCUT2D eigenvalue weighted by molar-refractivity contribution is 0.0526. The van der Waals surface area contributed by atoms with Gasteiger partial charge in [-0.15, -0.1) is 11.6 Å². The minimum Gasteiger partial charge on any atom is -0.462 e. The van der Waals surface area contributed by atoms with Crippen molar-refractivity contribution >= 4 is 45.9 Å². The average molecular weight is 367 g/mol. The number of esters is 1. The molecule has 5 heteroatoms. The van der Waals surface area contributed by atoms with Gasteiger partial charge in [0.25, 0.3) is 0 Å². The molecule has 0 bridgehead atoms. The quantitative estimate of drug-likeness (QED) is 0.348. The summed E-state index contributed by atoms with van der Waals surface area (Å²) in [4.78, 5) is 23.3. The summed E-state index contributed by atoms with van der Waals surface area (Å²) >= 11 is 7.59. The van der Waals surface area contributed by atoms with Crippen LogP contribution in [-0.2, 0) is 4.74 Å². The summed E-state index contributed by atoms with van der Waals surface area (Å²) in [6.45, 7) is 2.06. The molecular weight excluding hydrogens is 354 g/mol. The molecule has 0 aliphatic carbocycles. The summed E-state index contributed by atoms with van der Waals surface area (Å²) in [6.07, 6.45) is 0.268. The second-order valence-electron chi connectivity index (χ2n) is 3.31. The fraction of sp³-hybridized carbons (Fsp3) is 0.333. The molecule has 0 aliphatic rings. The van der Waals surface area contributed by atoms with Crippen LogP contribution in [0.5, 0.6) is 0 Å². The van der Waals surface area contributed by atoms with Gasteiger partial charge in [0.15, 0.2) is 5.78 Å². The Bertz CT molecular complexity index is 396. The molecule has 0 heterocycles. The van der Waals surface area contributed by atoms with E-state index in [0.29, 0.717) is 17.7 Å². The Morgan fingerprint density at radius 3 is 2.53 bits per heavy atom. The first-order valence-corrected chi connectivity index (χ1v) is 6.76. The zero-order valence-corrected chi connectivity index (χ0v) is 12.2. The van der Waals surface area contributed by atoms with Crippen LogP contribution in [0.15, 0.2) is 18.2 Å². The fourth-order valence-corrected chi connectivity index (χ4v) is 2.16. The molecule has 0 amide bonds. The van der Waals surface area contributed by atoms with Crippen LogP contribution in [0.1, 0.15) is 34.1 Å². The molecule has 0 fully saturated rings. The maximum Gasteiger partial charge on any atom is 0.338 e. The van der Waals surface area contributed by atoms with Gasteiger partial charge in [0, 0.05) is 21.4 Å². The molecule has 1 rings (SSSR count). The van der Waals surface area contributed by atoms with Crippen LogP contribution < -0.4 is 0 Å². The highest BCUT2D eigenvalue weighted by Crippen LogP contribution is 2.15. The van der Waals surface area contributed by atoms with Gasteiger partial charge in [-0.25, -0.2) is 4.79 Å². The number of ether oxygens (including phenoxy) is 1. The first-order chi connectivity index (χ1) is 8.08. The van der Waals surface area contributed by atoms with E-state index in [1.807, 2.05) is 0 Å². The molecular formula is C12H12ClIO3. The Hall–Kier alpha value is -0.620. The lowest BCUT2D eigenvalue weighted by Crippen LogP contribution is -2.08. The average Bonchev–Trinajstić information content (AvgIpc) is 2.29. The first-order valence-electron chi connectivity index (χ1n) is 5.15. The predicted octanol–water partition coefficient (Wildman–Crippen LogP) is 3.28. The number of ketones is 1. The van der Waals surface area contributed by atoms with E-state index < -0.39 is 5.97 Å². The van der Waals surface area contributed by atoms with Crippen molar-refractivity contribution in [3.05, 3.63) is 32.9 Å². The Morgan fingerprint density at radius 2 is 1.94 bits per heavy atom.